The summed E-state index contributed by atoms with van der Waals surface area (Å²) in [4.78, 5) is 0. The minimum Gasteiger partial charge on any atom is -0.320 e. The van der Waals surface area contributed by atoms with Crippen LogP contribution in [0.2, 0.25) is 0 Å². The van der Waals surface area contributed by atoms with E-state index in [0.717, 1.165) is 0 Å². The number of alkyl halides is 4. The van der Waals surface area contributed by atoms with Crippen LogP contribution >= 0.6 is 0 Å². The second kappa shape index (κ2) is 3.00. The van der Waals surface area contributed by atoms with Gasteiger partial charge >= 0.3 is 6.18 Å². The number of hydrogen-bond acceptors (Lipinski definition) is 1. The van der Waals surface area contributed by atoms with E-state index >= 15 is 0 Å². The SMILES string of the molecule is NC(CCF)C(F)(F)F. The molecule has 0 aliphatic carbocycles. The Labute approximate surface area is 49.8 Å². The molecule has 0 bridgehead atoms. The molecule has 5 heteroatoms. The van der Waals surface area contributed by atoms with Crippen LogP contribution in [0.25, 0.3) is 0 Å². The average Bonchev–Trinajstić information content (AvgIpc) is 1.64. The van der Waals surface area contributed by atoms with E-state index in [4.69, 9.17) is 0 Å². The molecule has 0 saturated heterocycles. The van der Waals surface area contributed by atoms with Crippen molar-refractivity contribution < 1.29 is 17.6 Å². The number of rotatable bonds is 2. The molecule has 0 aromatic heterocycles. The maximum Gasteiger partial charge on any atom is 0.403 e. The molecule has 0 radical (unpaired) electrons. The third-order valence-electron chi connectivity index (χ3n) is 0.841. The monoisotopic (exact) mass is 145 g/mol. The minimum atomic E-state index is -4.45. The molecule has 0 saturated carbocycles. The molecule has 0 fully saturated rings. The van der Waals surface area contributed by atoms with Gasteiger partial charge in [-0.3, -0.25) is 4.39 Å². The molecule has 0 rings (SSSR count). The fraction of sp³-hybridized carbons (Fsp3) is 1.00. The van der Waals surface area contributed by atoms with Crippen molar-refractivity contribution in [1.82, 2.24) is 0 Å². The lowest BCUT2D eigenvalue weighted by molar-refractivity contribution is -0.149. The average molecular weight is 145 g/mol. The zero-order valence-electron chi connectivity index (χ0n) is 4.58. The van der Waals surface area contributed by atoms with Gasteiger partial charge in [0.2, 0.25) is 0 Å². The van der Waals surface area contributed by atoms with E-state index in [2.05, 4.69) is 5.73 Å². The van der Waals surface area contributed by atoms with Gasteiger partial charge in [0.05, 0.1) is 6.67 Å². The summed E-state index contributed by atoms with van der Waals surface area (Å²) in [7, 11) is 0. The van der Waals surface area contributed by atoms with Crippen molar-refractivity contribution in [3.63, 3.8) is 0 Å². The molecule has 0 aromatic carbocycles. The van der Waals surface area contributed by atoms with Gasteiger partial charge in [0.15, 0.2) is 0 Å². The Morgan fingerprint density at radius 2 is 1.78 bits per heavy atom. The lowest BCUT2D eigenvalue weighted by atomic mass is 10.2. The summed E-state index contributed by atoms with van der Waals surface area (Å²) in [6.07, 6.45) is -5.10. The highest BCUT2D eigenvalue weighted by Gasteiger charge is 2.35. The van der Waals surface area contributed by atoms with Crippen molar-refractivity contribution >= 4 is 0 Å². The topological polar surface area (TPSA) is 26.0 Å². The predicted octanol–water partition coefficient (Wildman–Crippen LogP) is 1.24. The van der Waals surface area contributed by atoms with Gasteiger partial charge in [0, 0.05) is 0 Å². The Balaban J connectivity index is 3.59. The summed E-state index contributed by atoms with van der Waals surface area (Å²) < 4.78 is 45.2. The lowest BCUT2D eigenvalue weighted by Crippen LogP contribution is -2.37. The normalized spacial score (nSPS) is 15.7. The van der Waals surface area contributed by atoms with E-state index < -0.39 is 25.3 Å². The molecule has 1 atom stereocenters. The van der Waals surface area contributed by atoms with Crippen LogP contribution in [0.5, 0.6) is 0 Å². The van der Waals surface area contributed by atoms with Crippen LogP contribution in [0, 0.1) is 0 Å². The summed E-state index contributed by atoms with van der Waals surface area (Å²) in [5.74, 6) is 0. The minimum absolute atomic E-state index is 0.649. The molecule has 0 aliphatic heterocycles. The van der Waals surface area contributed by atoms with E-state index in [1.54, 1.807) is 0 Å². The van der Waals surface area contributed by atoms with Gasteiger partial charge in [-0.15, -0.1) is 0 Å². The Kier molecular flexibility index (Phi) is 2.90. The van der Waals surface area contributed by atoms with E-state index in [-0.39, 0.29) is 0 Å². The quantitative estimate of drug-likeness (QED) is 0.581. The summed E-state index contributed by atoms with van der Waals surface area (Å²) >= 11 is 0. The Morgan fingerprint density at radius 3 is 1.89 bits per heavy atom. The first-order valence-corrected chi connectivity index (χ1v) is 2.36. The number of nitrogens with two attached hydrogens (primary N) is 1. The van der Waals surface area contributed by atoms with Crippen molar-refractivity contribution in [1.29, 1.82) is 0 Å². The molecule has 1 nitrogen and oxygen atoms in total. The number of hydrogen-bond donors (Lipinski definition) is 1. The Morgan fingerprint density at radius 1 is 1.33 bits per heavy atom. The third-order valence-corrected chi connectivity index (χ3v) is 0.841. The van der Waals surface area contributed by atoms with Crippen molar-refractivity contribution in [2.45, 2.75) is 18.6 Å². The molecule has 1 unspecified atom stereocenters. The van der Waals surface area contributed by atoms with Crippen molar-refractivity contribution in [2.24, 2.45) is 5.73 Å². The van der Waals surface area contributed by atoms with Crippen LogP contribution in [0.15, 0.2) is 0 Å². The molecule has 0 spiro atoms. The molecular weight excluding hydrogens is 138 g/mol. The van der Waals surface area contributed by atoms with Crippen LogP contribution in [0.4, 0.5) is 17.6 Å². The summed E-state index contributed by atoms with van der Waals surface area (Å²) in [6, 6.07) is -2.01. The Bertz CT molecular complexity index is 79.1. The Hall–Kier alpha value is -0.320. The maximum absolute atomic E-state index is 11.3. The van der Waals surface area contributed by atoms with Crippen LogP contribution in [-0.2, 0) is 0 Å². The van der Waals surface area contributed by atoms with Crippen LogP contribution in [0.1, 0.15) is 6.42 Å². The van der Waals surface area contributed by atoms with Gasteiger partial charge < -0.3 is 5.73 Å². The first-order chi connectivity index (χ1) is 3.98. The third kappa shape index (κ3) is 3.29. The smallest absolute Gasteiger partial charge is 0.320 e. The van der Waals surface area contributed by atoms with Crippen molar-refractivity contribution in [3.05, 3.63) is 0 Å². The van der Waals surface area contributed by atoms with Crippen LogP contribution < -0.4 is 5.73 Å². The van der Waals surface area contributed by atoms with Gasteiger partial charge in [0.25, 0.3) is 0 Å². The second-order valence-corrected chi connectivity index (χ2v) is 1.63. The van der Waals surface area contributed by atoms with E-state index in [1.807, 2.05) is 0 Å². The van der Waals surface area contributed by atoms with E-state index in [9.17, 15) is 17.6 Å². The summed E-state index contributed by atoms with van der Waals surface area (Å²) in [5.41, 5.74) is 4.50. The zero-order valence-corrected chi connectivity index (χ0v) is 4.58. The molecule has 2 N–H and O–H groups in total. The van der Waals surface area contributed by atoms with E-state index in [1.165, 1.54) is 0 Å². The fourth-order valence-corrected chi connectivity index (χ4v) is 0.281. The first kappa shape index (κ1) is 8.68. The highest BCUT2D eigenvalue weighted by molar-refractivity contribution is 4.68. The fourth-order valence-electron chi connectivity index (χ4n) is 0.281. The van der Waals surface area contributed by atoms with Crippen molar-refractivity contribution in [2.75, 3.05) is 6.67 Å². The second-order valence-electron chi connectivity index (χ2n) is 1.63. The largest absolute Gasteiger partial charge is 0.403 e. The molecule has 0 aliphatic rings. The standard InChI is InChI=1S/C4H7F4N/c5-2-1-3(9)4(6,7)8/h3H,1-2,9H2. The summed E-state index contributed by atoms with van der Waals surface area (Å²) in [6.45, 7) is -1.03. The highest BCUT2D eigenvalue weighted by atomic mass is 19.4. The van der Waals surface area contributed by atoms with Gasteiger partial charge in [-0.25, -0.2) is 0 Å². The first-order valence-electron chi connectivity index (χ1n) is 2.36. The predicted molar refractivity (Wildman–Crippen MR) is 24.6 cm³/mol. The van der Waals surface area contributed by atoms with Gasteiger partial charge in [-0.2, -0.15) is 13.2 Å². The van der Waals surface area contributed by atoms with E-state index in [0.29, 0.717) is 0 Å². The molecular formula is C4H7F4N. The zero-order chi connectivity index (χ0) is 7.49. The van der Waals surface area contributed by atoms with Crippen LogP contribution in [-0.4, -0.2) is 18.9 Å². The molecule has 0 heterocycles. The molecule has 9 heavy (non-hydrogen) atoms. The molecule has 0 aromatic rings. The molecule has 0 amide bonds. The van der Waals surface area contributed by atoms with Crippen molar-refractivity contribution in [3.8, 4) is 0 Å². The number of halogens is 4. The van der Waals surface area contributed by atoms with Gasteiger partial charge in [-0.05, 0) is 6.42 Å². The lowest BCUT2D eigenvalue weighted by Gasteiger charge is -2.12. The van der Waals surface area contributed by atoms with Gasteiger partial charge in [-0.1, -0.05) is 0 Å². The maximum atomic E-state index is 11.3. The summed E-state index contributed by atoms with van der Waals surface area (Å²) in [5, 5.41) is 0. The molecule has 56 valence electrons. The van der Waals surface area contributed by atoms with Crippen LogP contribution in [0.3, 0.4) is 0 Å². The van der Waals surface area contributed by atoms with Gasteiger partial charge in [0.1, 0.15) is 6.04 Å². The highest BCUT2D eigenvalue weighted by Crippen LogP contribution is 2.20.